The highest BCUT2D eigenvalue weighted by atomic mass is 32.2. The fourth-order valence-electron chi connectivity index (χ4n) is 2.88. The molecule has 0 spiro atoms. The predicted molar refractivity (Wildman–Crippen MR) is 79.0 cm³/mol. The molecule has 0 bridgehead atoms. The molecule has 0 heterocycles. The minimum absolute atomic E-state index is 0.127. The summed E-state index contributed by atoms with van der Waals surface area (Å²) in [4.78, 5) is 0. The zero-order chi connectivity index (χ0) is 13.0. The molecule has 1 atom stereocenters. The minimum atomic E-state index is -0.283. The van der Waals surface area contributed by atoms with Crippen molar-refractivity contribution in [1.82, 2.24) is 0 Å². The Morgan fingerprint density at radius 1 is 1.33 bits per heavy atom. The quantitative estimate of drug-likeness (QED) is 0.775. The van der Waals surface area contributed by atoms with Gasteiger partial charge >= 0.3 is 0 Å². The van der Waals surface area contributed by atoms with Crippen LogP contribution in [0.3, 0.4) is 0 Å². The maximum atomic E-state index is 10.5. The zero-order valence-electron chi connectivity index (χ0n) is 11.1. The van der Waals surface area contributed by atoms with Crippen LogP contribution in [0.4, 0.5) is 0 Å². The van der Waals surface area contributed by atoms with Crippen LogP contribution in [0.1, 0.15) is 24.5 Å². The molecule has 1 unspecified atom stereocenters. The molecule has 0 aromatic heterocycles. The number of aliphatic hydroxyl groups excluding tert-OH is 1. The fraction of sp³-hybridized carbons (Fsp3) is 0.600. The average Bonchev–Trinajstić information content (AvgIpc) is 2.78. The van der Waals surface area contributed by atoms with Gasteiger partial charge in [0, 0.05) is 12.0 Å². The second-order valence-electron chi connectivity index (χ2n) is 5.19. The van der Waals surface area contributed by atoms with Gasteiger partial charge in [0.1, 0.15) is 0 Å². The summed E-state index contributed by atoms with van der Waals surface area (Å²) in [7, 11) is 0. The van der Waals surface area contributed by atoms with Gasteiger partial charge in [-0.2, -0.15) is 11.8 Å². The summed E-state index contributed by atoms with van der Waals surface area (Å²) in [6.45, 7) is 2.72. The topological polar surface area (TPSA) is 46.2 Å². The monoisotopic (exact) mass is 265 g/mol. The Balaban J connectivity index is 2.05. The summed E-state index contributed by atoms with van der Waals surface area (Å²) in [5.41, 5.74) is 8.59. The van der Waals surface area contributed by atoms with Crippen molar-refractivity contribution in [3.8, 4) is 0 Å². The van der Waals surface area contributed by atoms with Gasteiger partial charge < -0.3 is 10.8 Å². The van der Waals surface area contributed by atoms with Gasteiger partial charge in [0.05, 0.1) is 6.10 Å². The van der Waals surface area contributed by atoms with Crippen molar-refractivity contribution in [1.29, 1.82) is 0 Å². The lowest BCUT2D eigenvalue weighted by molar-refractivity contribution is 0.0352. The molecule has 1 aromatic carbocycles. The fourth-order valence-corrected chi connectivity index (χ4v) is 3.56. The summed E-state index contributed by atoms with van der Waals surface area (Å²) in [6, 6.07) is 8.48. The van der Waals surface area contributed by atoms with Crippen molar-refractivity contribution in [2.24, 2.45) is 11.1 Å². The molecule has 1 aromatic rings. The van der Waals surface area contributed by atoms with Gasteiger partial charge in [-0.3, -0.25) is 0 Å². The lowest BCUT2D eigenvalue weighted by atomic mass is 9.78. The molecule has 0 amide bonds. The van der Waals surface area contributed by atoms with E-state index in [4.69, 9.17) is 5.73 Å². The molecule has 18 heavy (non-hydrogen) atoms. The summed E-state index contributed by atoms with van der Waals surface area (Å²) < 4.78 is 0. The van der Waals surface area contributed by atoms with E-state index in [1.807, 2.05) is 11.8 Å². The number of nitrogens with two attached hydrogens (primary N) is 1. The number of aliphatic hydroxyl groups is 1. The SMILES string of the molecule is CCSCCC(O)C1(CN)Cc2ccccc2C1. The van der Waals surface area contributed by atoms with Crippen LogP contribution in [0.25, 0.3) is 0 Å². The minimum Gasteiger partial charge on any atom is -0.392 e. The van der Waals surface area contributed by atoms with Crippen molar-refractivity contribution in [3.05, 3.63) is 35.4 Å². The van der Waals surface area contributed by atoms with Crippen molar-refractivity contribution >= 4 is 11.8 Å². The highest BCUT2D eigenvalue weighted by molar-refractivity contribution is 7.99. The number of hydrogen-bond acceptors (Lipinski definition) is 3. The summed E-state index contributed by atoms with van der Waals surface area (Å²) in [6.07, 6.45) is 2.42. The molecule has 0 fully saturated rings. The molecule has 0 saturated heterocycles. The van der Waals surface area contributed by atoms with Crippen LogP contribution in [-0.4, -0.2) is 29.3 Å². The first-order chi connectivity index (χ1) is 8.72. The highest BCUT2D eigenvalue weighted by Crippen LogP contribution is 2.40. The molecule has 0 radical (unpaired) electrons. The Kier molecular flexibility index (Phi) is 4.71. The number of rotatable bonds is 6. The predicted octanol–water partition coefficient (Wildman–Crippen LogP) is 2.23. The van der Waals surface area contributed by atoms with E-state index in [2.05, 4.69) is 31.2 Å². The molecule has 2 nitrogen and oxygen atoms in total. The number of fused-ring (bicyclic) bond motifs is 1. The Bertz CT molecular complexity index is 369. The van der Waals surface area contributed by atoms with Crippen molar-refractivity contribution in [2.75, 3.05) is 18.1 Å². The van der Waals surface area contributed by atoms with E-state index >= 15 is 0 Å². The van der Waals surface area contributed by atoms with Crippen LogP contribution >= 0.6 is 11.8 Å². The van der Waals surface area contributed by atoms with E-state index in [-0.39, 0.29) is 11.5 Å². The van der Waals surface area contributed by atoms with Gasteiger partial charge in [-0.1, -0.05) is 31.2 Å². The first-order valence-electron chi connectivity index (χ1n) is 6.74. The Morgan fingerprint density at radius 3 is 2.44 bits per heavy atom. The first kappa shape index (κ1) is 13.9. The second-order valence-corrected chi connectivity index (χ2v) is 6.58. The van der Waals surface area contributed by atoms with Crippen molar-refractivity contribution < 1.29 is 5.11 Å². The number of thioether (sulfide) groups is 1. The molecular weight excluding hydrogens is 242 g/mol. The molecule has 3 N–H and O–H groups in total. The lowest BCUT2D eigenvalue weighted by Crippen LogP contribution is -2.43. The summed E-state index contributed by atoms with van der Waals surface area (Å²) in [5, 5.41) is 10.5. The van der Waals surface area contributed by atoms with Gasteiger partial charge in [-0.25, -0.2) is 0 Å². The summed E-state index contributed by atoms with van der Waals surface area (Å²) in [5.74, 6) is 2.14. The Hall–Kier alpha value is -0.510. The molecule has 2 rings (SSSR count). The van der Waals surface area contributed by atoms with E-state index in [9.17, 15) is 5.11 Å². The maximum Gasteiger partial charge on any atom is 0.0622 e. The lowest BCUT2D eigenvalue weighted by Gasteiger charge is -2.33. The van der Waals surface area contributed by atoms with Gasteiger partial charge in [0.25, 0.3) is 0 Å². The van der Waals surface area contributed by atoms with E-state index in [0.29, 0.717) is 6.54 Å². The zero-order valence-corrected chi connectivity index (χ0v) is 11.9. The first-order valence-corrected chi connectivity index (χ1v) is 7.90. The maximum absolute atomic E-state index is 10.5. The Labute approximate surface area is 114 Å². The van der Waals surface area contributed by atoms with Gasteiger partial charge in [0.15, 0.2) is 0 Å². The molecular formula is C15H23NOS. The van der Waals surface area contributed by atoms with Crippen molar-refractivity contribution in [2.45, 2.75) is 32.3 Å². The highest BCUT2D eigenvalue weighted by Gasteiger charge is 2.41. The van der Waals surface area contributed by atoms with E-state index in [1.165, 1.54) is 11.1 Å². The third kappa shape index (κ3) is 2.73. The standard InChI is InChI=1S/C15H23NOS/c1-2-18-8-7-14(17)15(11-16)9-12-5-3-4-6-13(12)10-15/h3-6,14,17H,2,7-11,16H2,1H3. The van der Waals surface area contributed by atoms with Crippen LogP contribution in [0.15, 0.2) is 24.3 Å². The van der Waals surface area contributed by atoms with Crippen LogP contribution in [-0.2, 0) is 12.8 Å². The molecule has 3 heteroatoms. The second kappa shape index (κ2) is 6.09. The van der Waals surface area contributed by atoms with E-state index in [1.54, 1.807) is 0 Å². The van der Waals surface area contributed by atoms with Crippen LogP contribution in [0.2, 0.25) is 0 Å². The van der Waals surface area contributed by atoms with Gasteiger partial charge in [-0.15, -0.1) is 0 Å². The third-order valence-corrected chi connectivity index (χ3v) is 4.99. The molecule has 1 aliphatic rings. The van der Waals surface area contributed by atoms with E-state index in [0.717, 1.165) is 30.8 Å². The molecule has 0 saturated carbocycles. The van der Waals surface area contributed by atoms with Crippen LogP contribution < -0.4 is 5.73 Å². The third-order valence-electron chi connectivity index (χ3n) is 4.06. The number of hydrogen-bond donors (Lipinski definition) is 2. The molecule has 0 aliphatic heterocycles. The van der Waals surface area contributed by atoms with Gasteiger partial charge in [0.2, 0.25) is 0 Å². The largest absolute Gasteiger partial charge is 0.392 e. The van der Waals surface area contributed by atoms with E-state index < -0.39 is 0 Å². The normalized spacial score (nSPS) is 18.6. The summed E-state index contributed by atoms with van der Waals surface area (Å²) >= 11 is 1.89. The molecule has 100 valence electrons. The van der Waals surface area contributed by atoms with Crippen LogP contribution in [0, 0.1) is 5.41 Å². The van der Waals surface area contributed by atoms with Crippen LogP contribution in [0.5, 0.6) is 0 Å². The van der Waals surface area contributed by atoms with Crippen molar-refractivity contribution in [3.63, 3.8) is 0 Å². The van der Waals surface area contributed by atoms with Gasteiger partial charge in [-0.05, 0) is 41.9 Å². The number of benzene rings is 1. The smallest absolute Gasteiger partial charge is 0.0622 e. The molecule has 1 aliphatic carbocycles. The Morgan fingerprint density at radius 2 is 1.94 bits per heavy atom. The average molecular weight is 265 g/mol.